The van der Waals surface area contributed by atoms with Crippen LogP contribution in [0, 0.1) is 6.92 Å². The van der Waals surface area contributed by atoms with Gasteiger partial charge >= 0.3 is 0 Å². The van der Waals surface area contributed by atoms with E-state index >= 15 is 0 Å². The second-order valence-electron chi connectivity index (χ2n) is 6.53. The molecule has 0 spiro atoms. The summed E-state index contributed by atoms with van der Waals surface area (Å²) in [4.78, 5) is 26.7. The van der Waals surface area contributed by atoms with Crippen LogP contribution in [0.15, 0.2) is 36.4 Å². The van der Waals surface area contributed by atoms with E-state index in [9.17, 15) is 9.59 Å². The van der Waals surface area contributed by atoms with E-state index in [1.54, 1.807) is 25.3 Å². The largest absolute Gasteiger partial charge is 0.493 e. The highest BCUT2D eigenvalue weighted by Crippen LogP contribution is 2.30. The molecule has 0 aromatic heterocycles. The Labute approximate surface area is 159 Å². The number of rotatable bonds is 5. The Morgan fingerprint density at radius 2 is 1.81 bits per heavy atom. The zero-order valence-electron chi connectivity index (χ0n) is 15.9. The van der Waals surface area contributed by atoms with Gasteiger partial charge in [0, 0.05) is 29.9 Å². The number of nitrogens with zero attached hydrogens (tertiary/aromatic N) is 1. The molecule has 1 heterocycles. The quantitative estimate of drug-likeness (QED) is 0.872. The van der Waals surface area contributed by atoms with Gasteiger partial charge < -0.3 is 19.7 Å². The Kier molecular flexibility index (Phi) is 5.64. The zero-order chi connectivity index (χ0) is 19.4. The molecule has 1 N–H and O–H groups in total. The van der Waals surface area contributed by atoms with Crippen molar-refractivity contribution in [2.24, 2.45) is 0 Å². The molecule has 3 rings (SSSR count). The van der Waals surface area contributed by atoms with Gasteiger partial charge in [0.15, 0.2) is 11.5 Å². The second kappa shape index (κ2) is 8.12. The first kappa shape index (κ1) is 18.8. The number of anilines is 2. The number of amides is 2. The minimum Gasteiger partial charge on any atom is -0.493 e. The molecule has 6 nitrogen and oxygen atoms in total. The first-order valence-corrected chi connectivity index (χ1v) is 8.98. The van der Waals surface area contributed by atoms with Gasteiger partial charge in [0.05, 0.1) is 14.2 Å². The predicted molar refractivity (Wildman–Crippen MR) is 105 cm³/mol. The van der Waals surface area contributed by atoms with Gasteiger partial charge in [-0.1, -0.05) is 6.07 Å². The monoisotopic (exact) mass is 368 g/mol. The Hall–Kier alpha value is -3.02. The summed E-state index contributed by atoms with van der Waals surface area (Å²) in [5, 5.41) is 2.90. The molecule has 2 aromatic rings. The summed E-state index contributed by atoms with van der Waals surface area (Å²) in [6, 6.07) is 10.6. The fourth-order valence-electron chi connectivity index (χ4n) is 3.22. The van der Waals surface area contributed by atoms with Crippen LogP contribution in [-0.4, -0.2) is 32.6 Å². The molecule has 2 amide bonds. The molecule has 0 atom stereocenters. The molecule has 0 bridgehead atoms. The molecular weight excluding hydrogens is 344 g/mol. The summed E-state index contributed by atoms with van der Waals surface area (Å²) in [6.07, 6.45) is 2.50. The highest BCUT2D eigenvalue weighted by atomic mass is 16.5. The minimum absolute atomic E-state index is 0.132. The smallest absolute Gasteiger partial charge is 0.255 e. The van der Waals surface area contributed by atoms with E-state index in [1.807, 2.05) is 30.0 Å². The first-order valence-electron chi connectivity index (χ1n) is 8.98. The maximum absolute atomic E-state index is 12.6. The van der Waals surface area contributed by atoms with Crippen LogP contribution in [0.1, 0.15) is 35.2 Å². The predicted octanol–water partition coefficient (Wildman–Crippen LogP) is 3.78. The van der Waals surface area contributed by atoms with Crippen LogP contribution in [0.25, 0.3) is 0 Å². The molecular formula is C21H24N2O4. The van der Waals surface area contributed by atoms with Crippen LogP contribution in [-0.2, 0) is 4.79 Å². The third-order valence-electron chi connectivity index (χ3n) is 4.73. The standard InChI is InChI=1S/C21H24N2O4/c1-14-7-9-16(13-17(14)23-11-5-4-6-20(23)24)22-21(25)15-8-10-18(26-2)19(12-15)27-3/h7-10,12-13H,4-6,11H2,1-3H3,(H,22,25). The molecule has 1 fully saturated rings. The van der Waals surface area contributed by atoms with Gasteiger partial charge in [-0.3, -0.25) is 9.59 Å². The lowest BCUT2D eigenvalue weighted by molar-refractivity contribution is -0.119. The Morgan fingerprint density at radius 3 is 2.52 bits per heavy atom. The van der Waals surface area contributed by atoms with Crippen LogP contribution in [0.5, 0.6) is 11.5 Å². The van der Waals surface area contributed by atoms with Gasteiger partial charge in [0.2, 0.25) is 5.91 Å². The average Bonchev–Trinajstić information content (AvgIpc) is 2.69. The van der Waals surface area contributed by atoms with Crippen LogP contribution in [0.4, 0.5) is 11.4 Å². The second-order valence-corrected chi connectivity index (χ2v) is 6.53. The molecule has 0 radical (unpaired) electrons. The third kappa shape index (κ3) is 4.05. The maximum atomic E-state index is 12.6. The number of methoxy groups -OCH3 is 2. The fraction of sp³-hybridized carbons (Fsp3) is 0.333. The van der Waals surface area contributed by atoms with E-state index in [1.165, 1.54) is 7.11 Å². The Morgan fingerprint density at radius 1 is 1.04 bits per heavy atom. The van der Waals surface area contributed by atoms with Gasteiger partial charge in [-0.25, -0.2) is 0 Å². The van der Waals surface area contributed by atoms with E-state index < -0.39 is 0 Å². The summed E-state index contributed by atoms with van der Waals surface area (Å²) in [6.45, 7) is 2.68. The number of piperidine rings is 1. The SMILES string of the molecule is COc1ccc(C(=O)Nc2ccc(C)c(N3CCCCC3=O)c2)cc1OC. The summed E-state index contributed by atoms with van der Waals surface area (Å²) >= 11 is 0. The normalized spacial score (nSPS) is 14.0. The first-order chi connectivity index (χ1) is 13.0. The Bertz CT molecular complexity index is 863. The van der Waals surface area contributed by atoms with Crippen molar-refractivity contribution in [2.75, 3.05) is 31.0 Å². The number of aryl methyl sites for hydroxylation is 1. The Balaban J connectivity index is 1.82. The molecule has 1 aliphatic rings. The summed E-state index contributed by atoms with van der Waals surface area (Å²) in [7, 11) is 3.08. The van der Waals surface area contributed by atoms with Crippen molar-refractivity contribution >= 4 is 23.2 Å². The van der Waals surface area contributed by atoms with E-state index in [2.05, 4.69) is 5.32 Å². The molecule has 27 heavy (non-hydrogen) atoms. The van der Waals surface area contributed by atoms with Crippen LogP contribution in [0.2, 0.25) is 0 Å². The third-order valence-corrected chi connectivity index (χ3v) is 4.73. The van der Waals surface area contributed by atoms with Gasteiger partial charge in [-0.05, 0) is 55.7 Å². The van der Waals surface area contributed by atoms with Gasteiger partial charge in [0.25, 0.3) is 5.91 Å². The van der Waals surface area contributed by atoms with E-state index in [4.69, 9.17) is 9.47 Å². The zero-order valence-corrected chi connectivity index (χ0v) is 15.9. The summed E-state index contributed by atoms with van der Waals surface area (Å²) < 4.78 is 10.5. The van der Waals surface area contributed by atoms with E-state index in [0.29, 0.717) is 35.7 Å². The molecule has 2 aromatic carbocycles. The number of hydrogen-bond acceptors (Lipinski definition) is 4. The van der Waals surface area contributed by atoms with E-state index in [-0.39, 0.29) is 11.8 Å². The van der Waals surface area contributed by atoms with Crippen molar-refractivity contribution < 1.29 is 19.1 Å². The number of hydrogen-bond donors (Lipinski definition) is 1. The molecule has 0 unspecified atom stereocenters. The molecule has 0 saturated carbocycles. The minimum atomic E-state index is -0.254. The number of benzene rings is 2. The van der Waals surface area contributed by atoms with Crippen molar-refractivity contribution in [3.8, 4) is 11.5 Å². The molecule has 6 heteroatoms. The summed E-state index contributed by atoms with van der Waals surface area (Å²) in [5.74, 6) is 0.937. The van der Waals surface area contributed by atoms with Crippen LogP contribution < -0.4 is 19.7 Å². The molecule has 1 saturated heterocycles. The van der Waals surface area contributed by atoms with Gasteiger partial charge in [-0.15, -0.1) is 0 Å². The van der Waals surface area contributed by atoms with Crippen molar-refractivity contribution in [1.82, 2.24) is 0 Å². The van der Waals surface area contributed by atoms with Gasteiger partial charge in [-0.2, -0.15) is 0 Å². The summed E-state index contributed by atoms with van der Waals surface area (Å²) in [5.41, 5.74) is 2.97. The number of carbonyl (C=O) groups is 2. The van der Waals surface area contributed by atoms with E-state index in [0.717, 1.165) is 24.1 Å². The molecule has 142 valence electrons. The average molecular weight is 368 g/mol. The van der Waals surface area contributed by atoms with Gasteiger partial charge in [0.1, 0.15) is 0 Å². The number of ether oxygens (including phenoxy) is 2. The van der Waals surface area contributed by atoms with Crippen molar-refractivity contribution in [2.45, 2.75) is 26.2 Å². The highest BCUT2D eigenvalue weighted by Gasteiger charge is 2.21. The van der Waals surface area contributed by atoms with Crippen molar-refractivity contribution in [1.29, 1.82) is 0 Å². The lowest BCUT2D eigenvalue weighted by atomic mass is 10.1. The molecule has 1 aliphatic heterocycles. The molecule has 0 aliphatic carbocycles. The lowest BCUT2D eigenvalue weighted by Gasteiger charge is -2.28. The van der Waals surface area contributed by atoms with Crippen molar-refractivity contribution in [3.63, 3.8) is 0 Å². The maximum Gasteiger partial charge on any atom is 0.255 e. The topological polar surface area (TPSA) is 67.9 Å². The fourth-order valence-corrected chi connectivity index (χ4v) is 3.22. The highest BCUT2D eigenvalue weighted by molar-refractivity contribution is 6.05. The van der Waals surface area contributed by atoms with Crippen LogP contribution >= 0.6 is 0 Å². The van der Waals surface area contributed by atoms with Crippen molar-refractivity contribution in [3.05, 3.63) is 47.5 Å². The lowest BCUT2D eigenvalue weighted by Crippen LogP contribution is -2.35. The number of nitrogens with one attached hydrogen (secondary N) is 1. The number of carbonyl (C=O) groups excluding carboxylic acids is 2. The van der Waals surface area contributed by atoms with Crippen LogP contribution in [0.3, 0.4) is 0 Å².